The fourth-order valence-corrected chi connectivity index (χ4v) is 0.971. The summed E-state index contributed by atoms with van der Waals surface area (Å²) in [5, 5.41) is 0. The second-order valence-electron chi connectivity index (χ2n) is 2.94. The second-order valence-corrected chi connectivity index (χ2v) is 2.94. The summed E-state index contributed by atoms with van der Waals surface area (Å²) in [6.07, 6.45) is -8.76. The van der Waals surface area contributed by atoms with Gasteiger partial charge in [-0.25, -0.2) is 13.2 Å². The van der Waals surface area contributed by atoms with E-state index < -0.39 is 19.0 Å². The third-order valence-electron chi connectivity index (χ3n) is 1.73. The van der Waals surface area contributed by atoms with Crippen molar-refractivity contribution < 1.29 is 27.1 Å². The fourth-order valence-electron chi connectivity index (χ4n) is 0.971. The van der Waals surface area contributed by atoms with Crippen LogP contribution >= 0.6 is 0 Å². The van der Waals surface area contributed by atoms with E-state index in [1.807, 2.05) is 0 Å². The number of halogens is 4. The number of carbonyl (C=O) groups excluding carboxylic acids is 1. The van der Waals surface area contributed by atoms with Crippen molar-refractivity contribution in [3.63, 3.8) is 0 Å². The molecular formula is C10H8F4O2. The van der Waals surface area contributed by atoms with Crippen molar-refractivity contribution in [3.8, 4) is 5.75 Å². The van der Waals surface area contributed by atoms with Gasteiger partial charge in [0.15, 0.2) is 0 Å². The van der Waals surface area contributed by atoms with Gasteiger partial charge in [-0.3, -0.25) is 4.79 Å². The Labute approximate surface area is 88.8 Å². The summed E-state index contributed by atoms with van der Waals surface area (Å²) in [5.41, 5.74) is 0.178. The molecule has 0 aliphatic rings. The predicted molar refractivity (Wildman–Crippen MR) is 48.3 cm³/mol. The van der Waals surface area contributed by atoms with Crippen molar-refractivity contribution in [1.82, 2.24) is 0 Å². The zero-order valence-corrected chi connectivity index (χ0v) is 7.95. The molecule has 0 fully saturated rings. The average Bonchev–Trinajstić information content (AvgIpc) is 2.28. The van der Waals surface area contributed by atoms with Crippen molar-refractivity contribution in [2.75, 3.05) is 0 Å². The maximum atomic E-state index is 12.8. The third kappa shape index (κ3) is 3.22. The Bertz CT molecular complexity index is 356. The molecule has 0 amide bonds. The first-order valence-corrected chi connectivity index (χ1v) is 4.33. The van der Waals surface area contributed by atoms with Crippen molar-refractivity contribution in [3.05, 3.63) is 29.8 Å². The molecule has 0 aliphatic heterocycles. The number of benzene rings is 1. The van der Waals surface area contributed by atoms with Gasteiger partial charge in [-0.05, 0) is 12.1 Å². The number of hydrogen-bond acceptors (Lipinski definition) is 2. The topological polar surface area (TPSA) is 26.3 Å². The molecule has 1 aromatic rings. The molecular weight excluding hydrogens is 228 g/mol. The lowest BCUT2D eigenvalue weighted by molar-refractivity contribution is -0.0750. The summed E-state index contributed by atoms with van der Waals surface area (Å²) in [6.45, 7) is 0. The molecule has 0 N–H and O–H groups in total. The van der Waals surface area contributed by atoms with Crippen LogP contribution in [0.3, 0.4) is 0 Å². The van der Waals surface area contributed by atoms with E-state index in [1.54, 1.807) is 0 Å². The Balaban J connectivity index is 2.68. The van der Waals surface area contributed by atoms with E-state index in [4.69, 9.17) is 0 Å². The maximum Gasteiger partial charge on any atom is 0.275 e. The number of rotatable bonds is 5. The molecule has 6 heteroatoms. The monoisotopic (exact) mass is 236 g/mol. The maximum absolute atomic E-state index is 12.8. The molecule has 0 bridgehead atoms. The molecule has 88 valence electrons. The summed E-state index contributed by atoms with van der Waals surface area (Å²) < 4.78 is 53.1. The van der Waals surface area contributed by atoms with Crippen molar-refractivity contribution in [1.29, 1.82) is 0 Å². The van der Waals surface area contributed by atoms with Crippen LogP contribution in [-0.2, 0) is 0 Å². The van der Waals surface area contributed by atoms with E-state index in [1.165, 1.54) is 18.2 Å². The lowest BCUT2D eigenvalue weighted by Crippen LogP contribution is -2.29. The highest BCUT2D eigenvalue weighted by atomic mass is 19.3. The van der Waals surface area contributed by atoms with Gasteiger partial charge in [0.25, 0.3) is 12.8 Å². The zero-order valence-electron chi connectivity index (χ0n) is 7.95. The minimum atomic E-state index is -3.45. The Morgan fingerprint density at radius 1 is 1.19 bits per heavy atom. The average molecular weight is 236 g/mol. The number of hydrogen-bond donors (Lipinski definition) is 0. The first-order chi connectivity index (χ1) is 7.54. The first-order valence-electron chi connectivity index (χ1n) is 4.33. The fraction of sp³-hybridized carbons (Fsp3) is 0.300. The second kappa shape index (κ2) is 5.48. The van der Waals surface area contributed by atoms with Gasteiger partial charge >= 0.3 is 0 Å². The van der Waals surface area contributed by atoms with Gasteiger partial charge < -0.3 is 4.74 Å². The number of alkyl halides is 4. The molecule has 0 saturated carbocycles. The Morgan fingerprint density at radius 3 is 2.44 bits per heavy atom. The highest BCUT2D eigenvalue weighted by Crippen LogP contribution is 2.19. The standard InChI is InChI=1S/C10H8F4O2/c11-8(9(12)13)10(14)16-7-3-1-2-6(4-7)5-15/h1-5,8-10H. The molecule has 2 nitrogen and oxygen atoms in total. The number of aldehydes is 1. The van der Waals surface area contributed by atoms with Crippen LogP contribution in [-0.4, -0.2) is 25.2 Å². The van der Waals surface area contributed by atoms with Crippen LogP contribution in [0.1, 0.15) is 10.4 Å². The van der Waals surface area contributed by atoms with Crippen molar-refractivity contribution in [2.45, 2.75) is 19.0 Å². The molecule has 0 saturated heterocycles. The normalized spacial score (nSPS) is 14.6. The van der Waals surface area contributed by atoms with Gasteiger partial charge in [-0.15, -0.1) is 0 Å². The van der Waals surface area contributed by atoms with E-state index in [0.717, 1.165) is 6.07 Å². The molecule has 2 atom stereocenters. The number of ether oxygens (including phenoxy) is 1. The first kappa shape index (κ1) is 12.5. The molecule has 1 rings (SSSR count). The summed E-state index contributed by atoms with van der Waals surface area (Å²) in [5.74, 6) is -0.180. The predicted octanol–water partition coefficient (Wildman–Crippen LogP) is 2.78. The summed E-state index contributed by atoms with van der Waals surface area (Å²) in [6, 6.07) is 5.13. The molecule has 0 aromatic heterocycles. The Morgan fingerprint density at radius 2 is 1.88 bits per heavy atom. The van der Waals surface area contributed by atoms with E-state index in [-0.39, 0.29) is 11.3 Å². The van der Waals surface area contributed by atoms with E-state index in [2.05, 4.69) is 4.74 Å². The summed E-state index contributed by atoms with van der Waals surface area (Å²) >= 11 is 0. The molecule has 0 heterocycles. The van der Waals surface area contributed by atoms with Crippen LogP contribution in [0.4, 0.5) is 17.6 Å². The highest BCUT2D eigenvalue weighted by Gasteiger charge is 2.31. The van der Waals surface area contributed by atoms with Gasteiger partial charge in [-0.2, -0.15) is 4.39 Å². The minimum Gasteiger partial charge on any atom is -0.457 e. The van der Waals surface area contributed by atoms with Crippen LogP contribution < -0.4 is 4.74 Å². The van der Waals surface area contributed by atoms with E-state index in [0.29, 0.717) is 6.29 Å². The molecule has 0 radical (unpaired) electrons. The quantitative estimate of drug-likeness (QED) is 0.580. The lowest BCUT2D eigenvalue weighted by atomic mass is 10.2. The van der Waals surface area contributed by atoms with Crippen molar-refractivity contribution >= 4 is 6.29 Å². The van der Waals surface area contributed by atoms with Gasteiger partial charge in [0.05, 0.1) is 0 Å². The molecule has 1 aromatic carbocycles. The molecule has 0 aliphatic carbocycles. The minimum absolute atomic E-state index is 0.178. The Hall–Kier alpha value is -1.59. The SMILES string of the molecule is O=Cc1cccc(OC(F)C(F)C(F)F)c1. The number of carbonyl (C=O) groups is 1. The van der Waals surface area contributed by atoms with Crippen LogP contribution in [0.15, 0.2) is 24.3 Å². The van der Waals surface area contributed by atoms with Crippen molar-refractivity contribution in [2.24, 2.45) is 0 Å². The van der Waals surface area contributed by atoms with Crippen LogP contribution in [0.5, 0.6) is 5.75 Å². The lowest BCUT2D eigenvalue weighted by Gasteiger charge is -2.14. The zero-order chi connectivity index (χ0) is 12.1. The third-order valence-corrected chi connectivity index (χ3v) is 1.73. The smallest absolute Gasteiger partial charge is 0.275 e. The highest BCUT2D eigenvalue weighted by molar-refractivity contribution is 5.75. The van der Waals surface area contributed by atoms with Gasteiger partial charge in [0, 0.05) is 5.56 Å². The molecule has 16 heavy (non-hydrogen) atoms. The summed E-state index contributed by atoms with van der Waals surface area (Å²) in [7, 11) is 0. The van der Waals surface area contributed by atoms with Crippen LogP contribution in [0, 0.1) is 0 Å². The van der Waals surface area contributed by atoms with Crippen LogP contribution in [0.2, 0.25) is 0 Å². The van der Waals surface area contributed by atoms with Gasteiger partial charge in [0.1, 0.15) is 12.0 Å². The van der Waals surface area contributed by atoms with E-state index >= 15 is 0 Å². The largest absolute Gasteiger partial charge is 0.457 e. The van der Waals surface area contributed by atoms with E-state index in [9.17, 15) is 22.4 Å². The summed E-state index contributed by atoms with van der Waals surface area (Å²) in [4.78, 5) is 10.3. The van der Waals surface area contributed by atoms with Gasteiger partial charge in [-0.1, -0.05) is 12.1 Å². The van der Waals surface area contributed by atoms with Gasteiger partial charge in [0.2, 0.25) is 6.17 Å². The van der Waals surface area contributed by atoms with Crippen LogP contribution in [0.25, 0.3) is 0 Å². The molecule has 0 spiro atoms. The molecule has 2 unspecified atom stereocenters. The Kier molecular flexibility index (Phi) is 4.28.